The predicted molar refractivity (Wildman–Crippen MR) is 148 cm³/mol. The van der Waals surface area contributed by atoms with Gasteiger partial charge in [0.1, 0.15) is 5.76 Å². The summed E-state index contributed by atoms with van der Waals surface area (Å²) >= 11 is 5.94. The minimum Gasteiger partial charge on any atom is -0.451 e. The molecule has 1 N–H and O–H groups in total. The maximum absolute atomic E-state index is 12.7. The lowest BCUT2D eigenvalue weighted by Crippen LogP contribution is -2.48. The highest BCUT2D eigenvalue weighted by Gasteiger charge is 2.20. The number of furan rings is 1. The van der Waals surface area contributed by atoms with Gasteiger partial charge in [-0.05, 0) is 72.3 Å². The van der Waals surface area contributed by atoms with Crippen molar-refractivity contribution in [1.82, 2.24) is 4.90 Å². The van der Waals surface area contributed by atoms with Crippen molar-refractivity contribution in [2.24, 2.45) is 0 Å². The van der Waals surface area contributed by atoms with Gasteiger partial charge in [0.05, 0.1) is 0 Å². The summed E-state index contributed by atoms with van der Waals surface area (Å²) in [5, 5.41) is 3.52. The third-order valence-corrected chi connectivity index (χ3v) is 6.51. The zero-order valence-electron chi connectivity index (χ0n) is 20.1. The summed E-state index contributed by atoms with van der Waals surface area (Å²) in [7, 11) is 0. The molecule has 37 heavy (non-hydrogen) atoms. The van der Waals surface area contributed by atoms with Gasteiger partial charge < -0.3 is 19.5 Å². The van der Waals surface area contributed by atoms with Crippen molar-refractivity contribution < 1.29 is 14.0 Å². The zero-order valence-corrected chi connectivity index (χ0v) is 20.9. The second-order valence-electron chi connectivity index (χ2n) is 8.73. The number of carbonyl (C=O) groups is 2. The molecule has 4 aromatic rings. The first-order valence-corrected chi connectivity index (χ1v) is 12.5. The Hall–Kier alpha value is -4.29. The van der Waals surface area contributed by atoms with Crippen LogP contribution in [0.3, 0.4) is 0 Å². The van der Waals surface area contributed by atoms with Crippen LogP contribution in [-0.2, 0) is 4.79 Å². The van der Waals surface area contributed by atoms with Gasteiger partial charge in [-0.15, -0.1) is 0 Å². The molecule has 186 valence electrons. The van der Waals surface area contributed by atoms with E-state index in [4.69, 9.17) is 16.0 Å². The number of anilines is 2. The van der Waals surface area contributed by atoms with E-state index >= 15 is 0 Å². The summed E-state index contributed by atoms with van der Waals surface area (Å²) in [5.41, 5.74) is 3.59. The topological polar surface area (TPSA) is 65.8 Å². The van der Waals surface area contributed by atoms with Crippen molar-refractivity contribution in [2.45, 2.75) is 0 Å². The highest BCUT2D eigenvalue weighted by Crippen LogP contribution is 2.25. The molecule has 2 amide bonds. The van der Waals surface area contributed by atoms with E-state index in [1.54, 1.807) is 30.3 Å². The second kappa shape index (κ2) is 11.2. The van der Waals surface area contributed by atoms with Crippen LogP contribution in [0.25, 0.3) is 17.4 Å². The largest absolute Gasteiger partial charge is 0.451 e. The van der Waals surface area contributed by atoms with Crippen LogP contribution in [-0.4, -0.2) is 42.9 Å². The van der Waals surface area contributed by atoms with Gasteiger partial charge in [0.15, 0.2) is 5.76 Å². The third-order valence-electron chi connectivity index (χ3n) is 6.26. The lowest BCUT2D eigenvalue weighted by molar-refractivity contribution is -0.126. The van der Waals surface area contributed by atoms with Crippen molar-refractivity contribution in [3.63, 3.8) is 0 Å². The Balaban J connectivity index is 1.13. The molecule has 1 aliphatic rings. The number of amides is 2. The van der Waals surface area contributed by atoms with Gasteiger partial charge in [-0.2, -0.15) is 0 Å². The average molecular weight is 512 g/mol. The number of rotatable bonds is 6. The number of halogens is 1. The molecule has 0 bridgehead atoms. The smallest absolute Gasteiger partial charge is 0.291 e. The molecule has 1 aliphatic heterocycles. The van der Waals surface area contributed by atoms with E-state index in [1.165, 1.54) is 0 Å². The van der Waals surface area contributed by atoms with Crippen LogP contribution >= 0.6 is 11.6 Å². The van der Waals surface area contributed by atoms with E-state index in [-0.39, 0.29) is 17.6 Å². The number of hydrogen-bond acceptors (Lipinski definition) is 4. The van der Waals surface area contributed by atoms with Crippen LogP contribution in [0.2, 0.25) is 5.02 Å². The van der Waals surface area contributed by atoms with E-state index in [0.29, 0.717) is 29.6 Å². The van der Waals surface area contributed by atoms with E-state index in [9.17, 15) is 9.59 Å². The molecular weight excluding hydrogens is 486 g/mol. The van der Waals surface area contributed by atoms with Gasteiger partial charge in [-0.1, -0.05) is 41.9 Å². The Kier molecular flexibility index (Phi) is 7.38. The van der Waals surface area contributed by atoms with Gasteiger partial charge >= 0.3 is 0 Å². The number of piperazine rings is 1. The van der Waals surface area contributed by atoms with Crippen LogP contribution in [0.1, 0.15) is 16.1 Å². The van der Waals surface area contributed by atoms with Gasteiger partial charge in [0.25, 0.3) is 5.91 Å². The molecule has 0 aliphatic carbocycles. The first-order chi connectivity index (χ1) is 18.0. The van der Waals surface area contributed by atoms with Crippen LogP contribution in [0.15, 0.2) is 101 Å². The monoisotopic (exact) mass is 511 g/mol. The van der Waals surface area contributed by atoms with E-state index in [2.05, 4.69) is 10.2 Å². The van der Waals surface area contributed by atoms with Crippen LogP contribution in [0.4, 0.5) is 11.4 Å². The van der Waals surface area contributed by atoms with E-state index < -0.39 is 0 Å². The summed E-state index contributed by atoms with van der Waals surface area (Å²) in [6.07, 6.45) is 3.49. The Morgan fingerprint density at radius 3 is 2.22 bits per heavy atom. The molecule has 0 spiro atoms. The van der Waals surface area contributed by atoms with Crippen molar-refractivity contribution in [3.8, 4) is 11.3 Å². The highest BCUT2D eigenvalue weighted by molar-refractivity contribution is 6.30. The van der Waals surface area contributed by atoms with Crippen molar-refractivity contribution in [2.75, 3.05) is 36.4 Å². The number of hydrogen-bond donors (Lipinski definition) is 1. The molecule has 1 fully saturated rings. The Morgan fingerprint density at radius 2 is 1.51 bits per heavy atom. The lowest BCUT2D eigenvalue weighted by Gasteiger charge is -2.35. The maximum Gasteiger partial charge on any atom is 0.291 e. The lowest BCUT2D eigenvalue weighted by atomic mass is 10.2. The first kappa shape index (κ1) is 24.4. The molecule has 6 nitrogen and oxygen atoms in total. The zero-order chi connectivity index (χ0) is 25.6. The SMILES string of the molecule is O=C(Nc1ccc(N2CCN(C(=O)/C=C/c3ccccc3)CC2)cc1)c1ccc(-c2ccc(Cl)cc2)o1. The van der Waals surface area contributed by atoms with Crippen LogP contribution < -0.4 is 10.2 Å². The van der Waals surface area contributed by atoms with Gasteiger partial charge in [0.2, 0.25) is 5.91 Å². The molecule has 2 heterocycles. The van der Waals surface area contributed by atoms with Crippen LogP contribution in [0, 0.1) is 0 Å². The predicted octanol–water partition coefficient (Wildman–Crippen LogP) is 6.21. The molecular formula is C30H26ClN3O3. The van der Waals surface area contributed by atoms with Gasteiger partial charge in [-0.25, -0.2) is 0 Å². The summed E-state index contributed by atoms with van der Waals surface area (Å²) in [5.74, 6) is 0.545. The third kappa shape index (κ3) is 6.11. The molecule has 0 unspecified atom stereocenters. The fourth-order valence-corrected chi connectivity index (χ4v) is 4.33. The number of nitrogens with zero attached hydrogens (tertiary/aromatic N) is 2. The van der Waals surface area contributed by atoms with Crippen molar-refractivity contribution in [3.05, 3.63) is 113 Å². The molecule has 0 atom stereocenters. The van der Waals surface area contributed by atoms with Crippen LogP contribution in [0.5, 0.6) is 0 Å². The van der Waals surface area contributed by atoms with Crippen molar-refractivity contribution >= 4 is 40.9 Å². The molecule has 1 saturated heterocycles. The standard InChI is InChI=1S/C30H26ClN3O3/c31-24-9-7-23(8-10-24)27-15-16-28(37-27)30(36)32-25-11-13-26(14-12-25)33-18-20-34(21-19-33)29(35)17-6-22-4-2-1-3-5-22/h1-17H,18-21H2,(H,32,36)/b17-6+. The molecule has 1 aromatic heterocycles. The number of carbonyl (C=O) groups excluding carboxylic acids is 2. The Morgan fingerprint density at radius 1 is 0.811 bits per heavy atom. The molecule has 0 saturated carbocycles. The van der Waals surface area contributed by atoms with Gasteiger partial charge in [0, 0.05) is 54.2 Å². The quantitative estimate of drug-likeness (QED) is 0.312. The Labute approximate surface area is 220 Å². The normalized spacial score (nSPS) is 13.6. The summed E-state index contributed by atoms with van der Waals surface area (Å²) < 4.78 is 5.73. The first-order valence-electron chi connectivity index (χ1n) is 12.1. The van der Waals surface area contributed by atoms with E-state index in [0.717, 1.165) is 29.9 Å². The van der Waals surface area contributed by atoms with Crippen molar-refractivity contribution in [1.29, 1.82) is 0 Å². The summed E-state index contributed by atoms with van der Waals surface area (Å²) in [4.78, 5) is 29.3. The number of benzene rings is 3. The molecule has 3 aromatic carbocycles. The van der Waals surface area contributed by atoms with E-state index in [1.807, 2.05) is 77.7 Å². The molecule has 5 rings (SSSR count). The molecule has 0 radical (unpaired) electrons. The highest BCUT2D eigenvalue weighted by atomic mass is 35.5. The maximum atomic E-state index is 12.7. The molecule has 7 heteroatoms. The summed E-state index contributed by atoms with van der Waals surface area (Å²) in [6, 6.07) is 28.2. The Bertz CT molecular complexity index is 1390. The second-order valence-corrected chi connectivity index (χ2v) is 9.16. The number of nitrogens with one attached hydrogen (secondary N) is 1. The van der Waals surface area contributed by atoms with Gasteiger partial charge in [-0.3, -0.25) is 9.59 Å². The fourth-order valence-electron chi connectivity index (χ4n) is 4.20. The summed E-state index contributed by atoms with van der Waals surface area (Å²) in [6.45, 7) is 2.81. The minimum atomic E-state index is -0.316. The minimum absolute atomic E-state index is 0.0266. The fraction of sp³-hybridized carbons (Fsp3) is 0.133. The average Bonchev–Trinajstić information content (AvgIpc) is 3.44.